The third-order valence-electron chi connectivity index (χ3n) is 4.70. The molecule has 1 heterocycles. The van der Waals surface area contributed by atoms with E-state index < -0.39 is 0 Å². The number of nitrogens with one attached hydrogen (secondary N) is 1. The molecule has 0 spiro atoms. The Morgan fingerprint density at radius 1 is 1.42 bits per heavy atom. The molecule has 0 aromatic heterocycles. The minimum absolute atomic E-state index is 0.0325. The number of rotatable bonds is 6. The number of hydrogen-bond donors (Lipinski definition) is 1. The molecule has 19 heavy (non-hydrogen) atoms. The second kappa shape index (κ2) is 5.51. The SMILES string of the molecule is CCC[C@H](CNC(=O)CC)C(=O)N1C[C@H]2C[C@@]2(C)C1. The molecule has 0 aromatic rings. The second-order valence-corrected chi connectivity index (χ2v) is 6.42. The standard InChI is InChI=1S/C15H26N2O2/c1-4-6-11(8-16-13(18)5-2)14(19)17-9-12-7-15(12,3)10-17/h11-12H,4-10H2,1-3H3,(H,16,18)/t11-,12-,15+/m1/s1. The van der Waals surface area contributed by atoms with Crippen LogP contribution in [0, 0.1) is 17.3 Å². The van der Waals surface area contributed by atoms with Crippen LogP contribution in [0.15, 0.2) is 0 Å². The van der Waals surface area contributed by atoms with E-state index in [4.69, 9.17) is 0 Å². The average molecular weight is 266 g/mol. The lowest BCUT2D eigenvalue weighted by Gasteiger charge is -2.25. The zero-order valence-electron chi connectivity index (χ0n) is 12.4. The monoisotopic (exact) mass is 266 g/mol. The summed E-state index contributed by atoms with van der Waals surface area (Å²) in [7, 11) is 0. The Morgan fingerprint density at radius 3 is 2.68 bits per heavy atom. The van der Waals surface area contributed by atoms with Crippen LogP contribution in [-0.2, 0) is 9.59 Å². The fourth-order valence-corrected chi connectivity index (χ4v) is 3.20. The molecule has 0 radical (unpaired) electrons. The lowest BCUT2D eigenvalue weighted by molar-refractivity contribution is -0.135. The fraction of sp³-hybridized carbons (Fsp3) is 0.867. The molecule has 2 fully saturated rings. The summed E-state index contributed by atoms with van der Waals surface area (Å²) in [6.07, 6.45) is 3.60. The van der Waals surface area contributed by atoms with E-state index in [1.807, 2.05) is 11.8 Å². The predicted octanol–water partition coefficient (Wildman–Crippen LogP) is 1.80. The van der Waals surface area contributed by atoms with Gasteiger partial charge in [0.25, 0.3) is 0 Å². The largest absolute Gasteiger partial charge is 0.355 e. The molecule has 1 aliphatic carbocycles. The van der Waals surface area contributed by atoms with E-state index in [1.54, 1.807) is 0 Å². The van der Waals surface area contributed by atoms with Gasteiger partial charge in [0.2, 0.25) is 11.8 Å². The van der Waals surface area contributed by atoms with E-state index in [-0.39, 0.29) is 17.7 Å². The zero-order valence-corrected chi connectivity index (χ0v) is 12.4. The minimum atomic E-state index is -0.0402. The predicted molar refractivity (Wildman–Crippen MR) is 74.5 cm³/mol. The molecule has 1 N–H and O–H groups in total. The highest BCUT2D eigenvalue weighted by Crippen LogP contribution is 2.57. The maximum absolute atomic E-state index is 12.5. The number of nitrogens with zero attached hydrogens (tertiary/aromatic N) is 1. The summed E-state index contributed by atoms with van der Waals surface area (Å²) >= 11 is 0. The van der Waals surface area contributed by atoms with Gasteiger partial charge in [-0.25, -0.2) is 0 Å². The number of carbonyl (C=O) groups is 2. The summed E-state index contributed by atoms with van der Waals surface area (Å²) in [4.78, 5) is 25.9. The van der Waals surface area contributed by atoms with Crippen LogP contribution >= 0.6 is 0 Å². The van der Waals surface area contributed by atoms with Crippen molar-refractivity contribution in [1.29, 1.82) is 0 Å². The maximum atomic E-state index is 12.5. The third-order valence-corrected chi connectivity index (χ3v) is 4.70. The Kier molecular flexibility index (Phi) is 4.16. The molecule has 1 saturated carbocycles. The molecule has 108 valence electrons. The van der Waals surface area contributed by atoms with Gasteiger partial charge in [-0.1, -0.05) is 27.2 Å². The summed E-state index contributed by atoms with van der Waals surface area (Å²) in [6.45, 7) is 8.54. The molecule has 2 amide bonds. The summed E-state index contributed by atoms with van der Waals surface area (Å²) in [5, 5.41) is 2.87. The summed E-state index contributed by atoms with van der Waals surface area (Å²) in [5.74, 6) is 0.961. The number of piperidine rings is 1. The highest BCUT2D eigenvalue weighted by atomic mass is 16.2. The summed E-state index contributed by atoms with van der Waals surface area (Å²) in [6, 6.07) is 0. The molecule has 1 saturated heterocycles. The normalized spacial score (nSPS) is 29.8. The van der Waals surface area contributed by atoms with Crippen LogP contribution in [0.5, 0.6) is 0 Å². The molecule has 4 nitrogen and oxygen atoms in total. The Hall–Kier alpha value is -1.06. The van der Waals surface area contributed by atoms with E-state index >= 15 is 0 Å². The van der Waals surface area contributed by atoms with Gasteiger partial charge in [0, 0.05) is 26.1 Å². The molecule has 2 rings (SSSR count). The first-order chi connectivity index (χ1) is 9.00. The van der Waals surface area contributed by atoms with E-state index in [0.717, 1.165) is 31.8 Å². The van der Waals surface area contributed by atoms with Crippen molar-refractivity contribution in [3.8, 4) is 0 Å². The minimum Gasteiger partial charge on any atom is -0.355 e. The number of carbonyl (C=O) groups excluding carboxylic acids is 2. The molecule has 3 atom stereocenters. The van der Waals surface area contributed by atoms with Gasteiger partial charge in [0.15, 0.2) is 0 Å². The topological polar surface area (TPSA) is 49.4 Å². The first-order valence-electron chi connectivity index (χ1n) is 7.55. The van der Waals surface area contributed by atoms with Gasteiger partial charge in [-0.3, -0.25) is 9.59 Å². The van der Waals surface area contributed by atoms with E-state index in [0.29, 0.717) is 18.4 Å². The lowest BCUT2D eigenvalue weighted by Crippen LogP contribution is -2.41. The molecular weight excluding hydrogens is 240 g/mol. The molecule has 2 aliphatic rings. The van der Waals surface area contributed by atoms with Gasteiger partial charge in [0.05, 0.1) is 5.92 Å². The Bertz CT molecular complexity index is 369. The quantitative estimate of drug-likeness (QED) is 0.797. The first-order valence-corrected chi connectivity index (χ1v) is 7.55. The molecular formula is C15H26N2O2. The van der Waals surface area contributed by atoms with Gasteiger partial charge in [-0.2, -0.15) is 0 Å². The van der Waals surface area contributed by atoms with Crippen molar-refractivity contribution in [2.75, 3.05) is 19.6 Å². The summed E-state index contributed by atoms with van der Waals surface area (Å²) < 4.78 is 0. The molecule has 0 unspecified atom stereocenters. The number of likely N-dealkylation sites (tertiary alicyclic amines) is 1. The van der Waals surface area contributed by atoms with E-state index in [9.17, 15) is 9.59 Å². The van der Waals surface area contributed by atoms with Gasteiger partial charge >= 0.3 is 0 Å². The van der Waals surface area contributed by atoms with Crippen molar-refractivity contribution in [2.45, 2.75) is 46.5 Å². The molecule has 0 bridgehead atoms. The van der Waals surface area contributed by atoms with Gasteiger partial charge in [-0.05, 0) is 24.2 Å². The average Bonchev–Trinajstić information content (AvgIpc) is 2.91. The lowest BCUT2D eigenvalue weighted by atomic mass is 10.0. The van der Waals surface area contributed by atoms with Crippen LogP contribution in [0.3, 0.4) is 0 Å². The molecule has 4 heteroatoms. The summed E-state index contributed by atoms with van der Waals surface area (Å²) in [5.41, 5.74) is 0.402. The zero-order chi connectivity index (χ0) is 14.0. The van der Waals surface area contributed by atoms with E-state index in [2.05, 4.69) is 19.2 Å². The van der Waals surface area contributed by atoms with Crippen LogP contribution in [-0.4, -0.2) is 36.3 Å². The van der Waals surface area contributed by atoms with Crippen LogP contribution < -0.4 is 5.32 Å². The third kappa shape index (κ3) is 3.10. The number of fused-ring (bicyclic) bond motifs is 1. The van der Waals surface area contributed by atoms with Crippen molar-refractivity contribution in [2.24, 2.45) is 17.3 Å². The highest BCUT2D eigenvalue weighted by Gasteiger charge is 2.57. The smallest absolute Gasteiger partial charge is 0.227 e. The van der Waals surface area contributed by atoms with Crippen molar-refractivity contribution < 1.29 is 9.59 Å². The molecule has 1 aliphatic heterocycles. The van der Waals surface area contributed by atoms with E-state index in [1.165, 1.54) is 6.42 Å². The maximum Gasteiger partial charge on any atom is 0.227 e. The van der Waals surface area contributed by atoms with Gasteiger partial charge in [0.1, 0.15) is 0 Å². The van der Waals surface area contributed by atoms with Crippen LogP contribution in [0.25, 0.3) is 0 Å². The fourth-order valence-electron chi connectivity index (χ4n) is 3.20. The first kappa shape index (κ1) is 14.4. The Labute approximate surface area is 115 Å². The van der Waals surface area contributed by atoms with Crippen molar-refractivity contribution in [3.05, 3.63) is 0 Å². The second-order valence-electron chi connectivity index (χ2n) is 6.42. The number of amides is 2. The molecule has 0 aromatic carbocycles. The Balaban J connectivity index is 1.87. The van der Waals surface area contributed by atoms with Gasteiger partial charge in [-0.15, -0.1) is 0 Å². The Morgan fingerprint density at radius 2 is 2.16 bits per heavy atom. The van der Waals surface area contributed by atoms with Gasteiger partial charge < -0.3 is 10.2 Å². The van der Waals surface area contributed by atoms with Crippen LogP contribution in [0.1, 0.15) is 46.5 Å². The van der Waals surface area contributed by atoms with Crippen LogP contribution in [0.4, 0.5) is 0 Å². The van der Waals surface area contributed by atoms with Crippen molar-refractivity contribution in [3.63, 3.8) is 0 Å². The van der Waals surface area contributed by atoms with Crippen molar-refractivity contribution in [1.82, 2.24) is 10.2 Å². The van der Waals surface area contributed by atoms with Crippen LogP contribution in [0.2, 0.25) is 0 Å². The number of hydrogen-bond acceptors (Lipinski definition) is 2. The van der Waals surface area contributed by atoms with Crippen molar-refractivity contribution >= 4 is 11.8 Å². The highest BCUT2D eigenvalue weighted by molar-refractivity contribution is 5.81.